The third-order valence-corrected chi connectivity index (χ3v) is 6.58. The molecule has 7 nitrogen and oxygen atoms in total. The van der Waals surface area contributed by atoms with Gasteiger partial charge in [-0.3, -0.25) is 9.69 Å². The lowest BCUT2D eigenvalue weighted by Gasteiger charge is -2.18. The number of nitrogens with zero attached hydrogens (tertiary/aromatic N) is 3. The largest absolute Gasteiger partial charge is 0.493 e. The molecule has 0 N–H and O–H groups in total. The molecule has 1 aliphatic heterocycles. The Morgan fingerprint density at radius 3 is 2.54 bits per heavy atom. The third kappa shape index (κ3) is 6.40. The van der Waals surface area contributed by atoms with Gasteiger partial charge in [-0.2, -0.15) is 4.98 Å². The van der Waals surface area contributed by atoms with E-state index in [4.69, 9.17) is 14.2 Å². The first-order valence-electron chi connectivity index (χ1n) is 12.2. The van der Waals surface area contributed by atoms with Gasteiger partial charge in [0.05, 0.1) is 25.8 Å². The van der Waals surface area contributed by atoms with Gasteiger partial charge >= 0.3 is 6.01 Å². The summed E-state index contributed by atoms with van der Waals surface area (Å²) in [6, 6.07) is 12.1. The number of aldehydes is 1. The predicted molar refractivity (Wildman–Crippen MR) is 136 cm³/mol. The Balaban J connectivity index is 1.42. The molecule has 4 rings (SSSR count). The summed E-state index contributed by atoms with van der Waals surface area (Å²) in [6.45, 7) is 5.63. The predicted octanol–water partition coefficient (Wildman–Crippen LogP) is 5.27. The lowest BCUT2D eigenvalue weighted by molar-refractivity contribution is 0.0118. The van der Waals surface area contributed by atoms with Crippen LogP contribution in [0.4, 0.5) is 8.78 Å². The maximum Gasteiger partial charge on any atom is 0.320 e. The average Bonchev–Trinajstić information content (AvgIpc) is 3.25. The summed E-state index contributed by atoms with van der Waals surface area (Å²) in [5.41, 5.74) is 5.38. The highest BCUT2D eigenvalue weighted by Gasteiger charge is 2.37. The van der Waals surface area contributed by atoms with Crippen LogP contribution >= 0.6 is 0 Å². The summed E-state index contributed by atoms with van der Waals surface area (Å²) < 4.78 is 43.7. The second-order valence-corrected chi connectivity index (χ2v) is 9.13. The van der Waals surface area contributed by atoms with Crippen molar-refractivity contribution < 1.29 is 27.8 Å². The fourth-order valence-corrected chi connectivity index (χ4v) is 4.48. The summed E-state index contributed by atoms with van der Waals surface area (Å²) >= 11 is 0. The number of carbonyl (C=O) groups excluding carboxylic acids is 1. The maximum absolute atomic E-state index is 13.4. The Hall–Kier alpha value is -3.59. The number of rotatable bonds is 11. The van der Waals surface area contributed by atoms with Gasteiger partial charge in [0.25, 0.3) is 5.92 Å². The van der Waals surface area contributed by atoms with Crippen molar-refractivity contribution in [2.45, 2.75) is 39.2 Å². The molecule has 1 saturated heterocycles. The molecule has 3 aromatic rings. The highest BCUT2D eigenvalue weighted by atomic mass is 19.3. The molecule has 1 aromatic heterocycles. The monoisotopic (exact) mass is 511 g/mol. The molecule has 196 valence electrons. The van der Waals surface area contributed by atoms with Gasteiger partial charge in [-0.15, -0.1) is 0 Å². The number of halogens is 2. The summed E-state index contributed by atoms with van der Waals surface area (Å²) in [4.78, 5) is 21.1. The van der Waals surface area contributed by atoms with Crippen LogP contribution in [-0.2, 0) is 6.61 Å². The molecule has 2 aromatic carbocycles. The molecule has 37 heavy (non-hydrogen) atoms. The van der Waals surface area contributed by atoms with Crippen molar-refractivity contribution in [3.05, 3.63) is 64.8 Å². The zero-order valence-corrected chi connectivity index (χ0v) is 21.3. The molecule has 0 amide bonds. The highest BCUT2D eigenvalue weighted by Crippen LogP contribution is 2.33. The molecule has 0 aliphatic carbocycles. The van der Waals surface area contributed by atoms with Crippen LogP contribution in [0.1, 0.15) is 39.9 Å². The van der Waals surface area contributed by atoms with E-state index in [1.165, 1.54) is 13.3 Å². The zero-order valence-electron chi connectivity index (χ0n) is 21.3. The number of aromatic nitrogens is 2. The van der Waals surface area contributed by atoms with Crippen molar-refractivity contribution >= 4 is 6.29 Å². The fraction of sp³-hybridized carbons (Fsp3) is 0.393. The number of likely N-dealkylation sites (tertiary alicyclic amines) is 1. The van der Waals surface area contributed by atoms with Crippen molar-refractivity contribution in [2.75, 3.05) is 33.4 Å². The lowest BCUT2D eigenvalue weighted by atomic mass is 9.93. The molecule has 0 saturated carbocycles. The van der Waals surface area contributed by atoms with Crippen LogP contribution in [0.3, 0.4) is 0 Å². The SMILES string of the molecule is COc1nc(OCc2cccc(-c3cccc(OCCCN4CCC(F)(F)C4)c3C)c2C)ncc1C=O. The Bertz CT molecular complexity index is 1250. The Kier molecular flexibility index (Phi) is 8.33. The van der Waals surface area contributed by atoms with E-state index in [0.717, 1.165) is 33.6 Å². The third-order valence-electron chi connectivity index (χ3n) is 6.58. The number of methoxy groups -OCH3 is 1. The van der Waals surface area contributed by atoms with Crippen LogP contribution in [0.5, 0.6) is 17.6 Å². The van der Waals surface area contributed by atoms with Gasteiger partial charge in [0.1, 0.15) is 12.4 Å². The van der Waals surface area contributed by atoms with E-state index in [0.29, 0.717) is 32.4 Å². The first kappa shape index (κ1) is 26.5. The molecule has 0 spiro atoms. The molecule has 0 unspecified atom stereocenters. The number of alkyl halides is 2. The topological polar surface area (TPSA) is 73.8 Å². The quantitative estimate of drug-likeness (QED) is 0.256. The summed E-state index contributed by atoms with van der Waals surface area (Å²) in [5.74, 6) is -1.62. The van der Waals surface area contributed by atoms with Crippen LogP contribution in [0.15, 0.2) is 42.6 Å². The Morgan fingerprint density at radius 1 is 1.08 bits per heavy atom. The number of hydrogen-bond acceptors (Lipinski definition) is 7. The minimum atomic E-state index is -2.57. The number of carbonyl (C=O) groups is 1. The second-order valence-electron chi connectivity index (χ2n) is 9.13. The van der Waals surface area contributed by atoms with Gasteiger partial charge in [0.2, 0.25) is 5.88 Å². The van der Waals surface area contributed by atoms with Crippen LogP contribution in [0.25, 0.3) is 11.1 Å². The molecule has 2 heterocycles. The van der Waals surface area contributed by atoms with Crippen LogP contribution in [0.2, 0.25) is 0 Å². The van der Waals surface area contributed by atoms with Gasteiger partial charge in [0, 0.05) is 25.7 Å². The van der Waals surface area contributed by atoms with Gasteiger partial charge in [-0.25, -0.2) is 13.8 Å². The van der Waals surface area contributed by atoms with Crippen LogP contribution < -0.4 is 14.2 Å². The molecular weight excluding hydrogens is 480 g/mol. The first-order valence-corrected chi connectivity index (χ1v) is 12.2. The second kappa shape index (κ2) is 11.6. The van der Waals surface area contributed by atoms with Gasteiger partial charge in [-0.1, -0.05) is 30.3 Å². The number of hydrogen-bond donors (Lipinski definition) is 0. The standard InChI is InChI=1S/C28H31F2N3O4/c1-19-21(17-37-27-31-15-22(16-34)26(32-27)35-3)7-4-8-23(19)24-9-5-10-25(20(24)2)36-14-6-12-33-13-11-28(29,30)18-33/h4-5,7-10,15-16H,6,11-14,17-18H2,1-3H3. The van der Waals surface area contributed by atoms with Crippen LogP contribution in [0, 0.1) is 13.8 Å². The summed E-state index contributed by atoms with van der Waals surface area (Å²) in [5, 5.41) is 0. The zero-order chi connectivity index (χ0) is 26.4. The Labute approximate surface area is 215 Å². The summed E-state index contributed by atoms with van der Waals surface area (Å²) in [6.07, 6.45) is 2.62. The number of benzene rings is 2. The van der Waals surface area contributed by atoms with Crippen molar-refractivity contribution in [3.63, 3.8) is 0 Å². The minimum absolute atomic E-state index is 0.0634. The molecule has 1 aliphatic rings. The van der Waals surface area contributed by atoms with E-state index >= 15 is 0 Å². The van der Waals surface area contributed by atoms with E-state index in [9.17, 15) is 13.6 Å². The molecule has 1 fully saturated rings. The first-order chi connectivity index (χ1) is 17.8. The average molecular weight is 512 g/mol. The normalized spacial score (nSPS) is 14.9. The molecule has 0 radical (unpaired) electrons. The number of ether oxygens (including phenoxy) is 3. The fourth-order valence-electron chi connectivity index (χ4n) is 4.48. The minimum Gasteiger partial charge on any atom is -0.493 e. The van der Waals surface area contributed by atoms with Crippen molar-refractivity contribution in [1.29, 1.82) is 0 Å². The van der Waals surface area contributed by atoms with Crippen molar-refractivity contribution in [1.82, 2.24) is 14.9 Å². The van der Waals surface area contributed by atoms with Crippen molar-refractivity contribution in [2.24, 2.45) is 0 Å². The van der Waals surface area contributed by atoms with E-state index in [1.807, 2.05) is 44.2 Å². The Morgan fingerprint density at radius 2 is 1.84 bits per heavy atom. The molecule has 0 atom stereocenters. The molecule has 0 bridgehead atoms. The lowest BCUT2D eigenvalue weighted by Crippen LogP contribution is -2.27. The highest BCUT2D eigenvalue weighted by molar-refractivity contribution is 5.77. The van der Waals surface area contributed by atoms with E-state index in [2.05, 4.69) is 16.0 Å². The van der Waals surface area contributed by atoms with E-state index < -0.39 is 5.92 Å². The summed E-state index contributed by atoms with van der Waals surface area (Å²) in [7, 11) is 1.43. The van der Waals surface area contributed by atoms with E-state index in [1.54, 1.807) is 4.90 Å². The molecule has 9 heteroatoms. The van der Waals surface area contributed by atoms with Gasteiger partial charge in [0.15, 0.2) is 6.29 Å². The smallest absolute Gasteiger partial charge is 0.320 e. The van der Waals surface area contributed by atoms with Gasteiger partial charge < -0.3 is 14.2 Å². The van der Waals surface area contributed by atoms with Crippen molar-refractivity contribution in [3.8, 4) is 28.8 Å². The van der Waals surface area contributed by atoms with E-state index in [-0.39, 0.29) is 37.0 Å². The van der Waals surface area contributed by atoms with Gasteiger partial charge in [-0.05, 0) is 54.2 Å². The van der Waals surface area contributed by atoms with Crippen LogP contribution in [-0.4, -0.2) is 60.4 Å². The molecular formula is C28H31F2N3O4. The maximum atomic E-state index is 13.4.